The Balaban J connectivity index is 2.04. The fraction of sp³-hybridized carbons (Fsp3) is 0.562. The number of non-ortho nitro benzene ring substituents is 1. The zero-order chi connectivity index (χ0) is 17.9. The summed E-state index contributed by atoms with van der Waals surface area (Å²) < 4.78 is 5.38. The SMILES string of the molecule is CC(C)(C)OC(=O)N1CCN(c2ccc([N+](=O)[O-])cc2CN)CC1. The average molecular weight is 336 g/mol. The van der Waals surface area contributed by atoms with Gasteiger partial charge in [0.1, 0.15) is 5.60 Å². The second kappa shape index (κ2) is 7.04. The van der Waals surface area contributed by atoms with Gasteiger partial charge < -0.3 is 20.3 Å². The maximum atomic E-state index is 12.1. The molecule has 0 radical (unpaired) electrons. The number of nitrogens with zero attached hydrogens (tertiary/aromatic N) is 3. The van der Waals surface area contributed by atoms with Crippen molar-refractivity contribution in [1.29, 1.82) is 0 Å². The normalized spacial score (nSPS) is 15.3. The maximum absolute atomic E-state index is 12.1. The van der Waals surface area contributed by atoms with Gasteiger partial charge in [-0.15, -0.1) is 0 Å². The first kappa shape index (κ1) is 18.0. The predicted molar refractivity (Wildman–Crippen MR) is 91.0 cm³/mol. The Kier molecular flexibility index (Phi) is 5.28. The smallest absolute Gasteiger partial charge is 0.410 e. The van der Waals surface area contributed by atoms with E-state index in [1.807, 2.05) is 20.8 Å². The zero-order valence-corrected chi connectivity index (χ0v) is 14.3. The molecule has 1 heterocycles. The lowest BCUT2D eigenvalue weighted by molar-refractivity contribution is -0.384. The summed E-state index contributed by atoms with van der Waals surface area (Å²) in [5.74, 6) is 0. The predicted octanol–water partition coefficient (Wildman–Crippen LogP) is 2.11. The van der Waals surface area contributed by atoms with E-state index in [2.05, 4.69) is 4.90 Å². The summed E-state index contributed by atoms with van der Waals surface area (Å²) in [6.45, 7) is 8.08. The number of nitrogens with two attached hydrogens (primary N) is 1. The van der Waals surface area contributed by atoms with Crippen molar-refractivity contribution in [3.05, 3.63) is 33.9 Å². The number of carbonyl (C=O) groups is 1. The molecule has 1 fully saturated rings. The van der Waals surface area contributed by atoms with Crippen molar-refractivity contribution in [2.24, 2.45) is 5.73 Å². The van der Waals surface area contributed by atoms with E-state index in [0.717, 1.165) is 11.3 Å². The van der Waals surface area contributed by atoms with Crippen molar-refractivity contribution in [1.82, 2.24) is 4.90 Å². The molecular weight excluding hydrogens is 312 g/mol. The van der Waals surface area contributed by atoms with Gasteiger partial charge in [0, 0.05) is 50.5 Å². The Morgan fingerprint density at radius 3 is 2.42 bits per heavy atom. The molecule has 1 aromatic rings. The summed E-state index contributed by atoms with van der Waals surface area (Å²) in [6, 6.07) is 4.72. The fourth-order valence-electron chi connectivity index (χ4n) is 2.61. The van der Waals surface area contributed by atoms with Gasteiger partial charge in [0.25, 0.3) is 5.69 Å². The minimum atomic E-state index is -0.515. The van der Waals surface area contributed by atoms with Gasteiger partial charge in [0.05, 0.1) is 4.92 Å². The third kappa shape index (κ3) is 4.35. The molecule has 2 N–H and O–H groups in total. The molecule has 1 aliphatic rings. The number of nitro groups is 1. The number of amides is 1. The molecule has 8 heteroatoms. The molecule has 0 saturated carbocycles. The molecule has 1 aromatic carbocycles. The largest absolute Gasteiger partial charge is 0.444 e. The van der Waals surface area contributed by atoms with Crippen LogP contribution < -0.4 is 10.6 Å². The highest BCUT2D eigenvalue weighted by atomic mass is 16.6. The van der Waals surface area contributed by atoms with Crippen LogP contribution in [0.25, 0.3) is 0 Å². The highest BCUT2D eigenvalue weighted by Crippen LogP contribution is 2.26. The minimum absolute atomic E-state index is 0.0339. The van der Waals surface area contributed by atoms with Gasteiger partial charge in [-0.3, -0.25) is 10.1 Å². The third-order valence-electron chi connectivity index (χ3n) is 3.77. The molecule has 0 spiro atoms. The first-order chi connectivity index (χ1) is 11.2. The Hall–Kier alpha value is -2.35. The van der Waals surface area contributed by atoms with Crippen molar-refractivity contribution < 1.29 is 14.5 Å². The summed E-state index contributed by atoms with van der Waals surface area (Å²) in [5.41, 5.74) is 6.87. The summed E-state index contributed by atoms with van der Waals surface area (Å²) in [6.07, 6.45) is -0.315. The lowest BCUT2D eigenvalue weighted by atomic mass is 10.1. The number of hydrogen-bond acceptors (Lipinski definition) is 6. The first-order valence-electron chi connectivity index (χ1n) is 7.91. The molecule has 0 unspecified atom stereocenters. The molecule has 2 rings (SSSR count). The Labute approximate surface area is 141 Å². The van der Waals surface area contributed by atoms with Gasteiger partial charge in [0.2, 0.25) is 0 Å². The van der Waals surface area contributed by atoms with Crippen LogP contribution in [-0.2, 0) is 11.3 Å². The van der Waals surface area contributed by atoms with Crippen LogP contribution in [0, 0.1) is 10.1 Å². The highest BCUT2D eigenvalue weighted by Gasteiger charge is 2.26. The number of piperazine rings is 1. The van der Waals surface area contributed by atoms with Crippen LogP contribution in [0.15, 0.2) is 18.2 Å². The van der Waals surface area contributed by atoms with Crippen LogP contribution in [0.3, 0.4) is 0 Å². The van der Waals surface area contributed by atoms with Crippen LogP contribution in [0.2, 0.25) is 0 Å². The molecule has 8 nitrogen and oxygen atoms in total. The highest BCUT2D eigenvalue weighted by molar-refractivity contribution is 5.69. The van der Waals surface area contributed by atoms with E-state index in [1.165, 1.54) is 12.1 Å². The van der Waals surface area contributed by atoms with Gasteiger partial charge in [0.15, 0.2) is 0 Å². The fourth-order valence-corrected chi connectivity index (χ4v) is 2.61. The van der Waals surface area contributed by atoms with Crippen molar-refractivity contribution in [2.45, 2.75) is 32.9 Å². The minimum Gasteiger partial charge on any atom is -0.444 e. The number of nitro benzene ring substituents is 1. The van der Waals surface area contributed by atoms with Crippen LogP contribution >= 0.6 is 0 Å². The van der Waals surface area contributed by atoms with Crippen LogP contribution in [-0.4, -0.2) is 47.7 Å². The van der Waals surface area contributed by atoms with E-state index < -0.39 is 10.5 Å². The van der Waals surface area contributed by atoms with Crippen LogP contribution in [0.4, 0.5) is 16.2 Å². The first-order valence-corrected chi connectivity index (χ1v) is 7.91. The average Bonchev–Trinajstić information content (AvgIpc) is 2.52. The number of ether oxygens (including phenoxy) is 1. The topological polar surface area (TPSA) is 102 Å². The maximum Gasteiger partial charge on any atom is 0.410 e. The quantitative estimate of drug-likeness (QED) is 0.670. The molecule has 0 bridgehead atoms. The Morgan fingerprint density at radius 1 is 1.29 bits per heavy atom. The molecule has 0 atom stereocenters. The molecule has 0 aromatic heterocycles. The molecule has 0 aliphatic carbocycles. The zero-order valence-electron chi connectivity index (χ0n) is 14.3. The number of rotatable bonds is 3. The number of hydrogen-bond donors (Lipinski definition) is 1. The van der Waals surface area contributed by atoms with E-state index in [9.17, 15) is 14.9 Å². The number of benzene rings is 1. The van der Waals surface area contributed by atoms with Gasteiger partial charge in [-0.05, 0) is 32.4 Å². The Morgan fingerprint density at radius 2 is 1.92 bits per heavy atom. The van der Waals surface area contributed by atoms with Gasteiger partial charge >= 0.3 is 6.09 Å². The molecule has 1 saturated heterocycles. The molecule has 1 amide bonds. The second-order valence-corrected chi connectivity index (χ2v) is 6.73. The third-order valence-corrected chi connectivity index (χ3v) is 3.77. The van der Waals surface area contributed by atoms with Crippen molar-refractivity contribution in [2.75, 3.05) is 31.1 Å². The summed E-state index contributed by atoms with van der Waals surface area (Å²) >= 11 is 0. The van der Waals surface area contributed by atoms with E-state index in [-0.39, 0.29) is 18.3 Å². The molecule has 1 aliphatic heterocycles. The van der Waals surface area contributed by atoms with E-state index >= 15 is 0 Å². The lowest BCUT2D eigenvalue weighted by Gasteiger charge is -2.37. The molecule has 24 heavy (non-hydrogen) atoms. The summed E-state index contributed by atoms with van der Waals surface area (Å²) in [5, 5.41) is 10.9. The lowest BCUT2D eigenvalue weighted by Crippen LogP contribution is -2.50. The molecule has 132 valence electrons. The number of anilines is 1. The standard InChI is InChI=1S/C16H24N4O4/c1-16(2,3)24-15(21)19-8-6-18(7-9-19)14-5-4-13(20(22)23)10-12(14)11-17/h4-5,10H,6-9,11,17H2,1-3H3. The van der Waals surface area contributed by atoms with E-state index in [0.29, 0.717) is 26.2 Å². The van der Waals surface area contributed by atoms with Crippen molar-refractivity contribution >= 4 is 17.5 Å². The van der Waals surface area contributed by atoms with Crippen molar-refractivity contribution in [3.63, 3.8) is 0 Å². The van der Waals surface area contributed by atoms with Crippen molar-refractivity contribution in [3.8, 4) is 0 Å². The van der Waals surface area contributed by atoms with E-state index in [4.69, 9.17) is 10.5 Å². The summed E-state index contributed by atoms with van der Waals surface area (Å²) in [7, 11) is 0. The van der Waals surface area contributed by atoms with Gasteiger partial charge in [-0.1, -0.05) is 0 Å². The van der Waals surface area contributed by atoms with Crippen LogP contribution in [0.1, 0.15) is 26.3 Å². The second-order valence-electron chi connectivity index (χ2n) is 6.73. The number of carbonyl (C=O) groups excluding carboxylic acids is 1. The van der Waals surface area contributed by atoms with E-state index in [1.54, 1.807) is 11.0 Å². The van der Waals surface area contributed by atoms with Gasteiger partial charge in [-0.2, -0.15) is 0 Å². The monoisotopic (exact) mass is 336 g/mol. The molecular formula is C16H24N4O4. The van der Waals surface area contributed by atoms with Crippen LogP contribution in [0.5, 0.6) is 0 Å². The Bertz CT molecular complexity index is 619. The van der Waals surface area contributed by atoms with Gasteiger partial charge in [-0.25, -0.2) is 4.79 Å². The summed E-state index contributed by atoms with van der Waals surface area (Å²) in [4.78, 5) is 26.3.